The third-order valence-electron chi connectivity index (χ3n) is 2.48. The van der Waals surface area contributed by atoms with Crippen LogP contribution in [0.2, 0.25) is 0 Å². The van der Waals surface area contributed by atoms with E-state index in [2.05, 4.69) is 24.3 Å². The van der Waals surface area contributed by atoms with Crippen molar-refractivity contribution in [2.24, 2.45) is 5.73 Å². The third kappa shape index (κ3) is 4.38. The fourth-order valence-electron chi connectivity index (χ4n) is 1.68. The van der Waals surface area contributed by atoms with Crippen LogP contribution in [0.4, 0.5) is 0 Å². The number of hydrogen-bond acceptors (Lipinski definition) is 2. The van der Waals surface area contributed by atoms with Crippen molar-refractivity contribution in [1.29, 1.82) is 5.41 Å². The lowest BCUT2D eigenvalue weighted by Crippen LogP contribution is -2.01. The second kappa shape index (κ2) is 6.51. The number of rotatable bonds is 0. The fourth-order valence-corrected chi connectivity index (χ4v) is 1.68. The Hall–Kier alpha value is -0.960. The van der Waals surface area contributed by atoms with Gasteiger partial charge in [0, 0.05) is 0 Å². The van der Waals surface area contributed by atoms with E-state index >= 15 is 0 Å². The van der Waals surface area contributed by atoms with Crippen LogP contribution in [-0.4, -0.2) is 11.4 Å². The summed E-state index contributed by atoms with van der Waals surface area (Å²) in [5.74, 6) is 0. The van der Waals surface area contributed by atoms with Crippen molar-refractivity contribution >= 4 is 16.9 Å². The molecule has 0 unspecified atom stereocenters. The van der Waals surface area contributed by atoms with Crippen LogP contribution in [0.25, 0.3) is 0 Å². The number of aryl methyl sites for hydroxylation is 2. The third-order valence-corrected chi connectivity index (χ3v) is 2.92. The average molecular weight is 222 g/mol. The molecule has 3 heteroatoms. The monoisotopic (exact) mass is 222 g/mol. The van der Waals surface area contributed by atoms with Gasteiger partial charge >= 0.3 is 0 Å². The zero-order chi connectivity index (χ0) is 11.1. The maximum atomic E-state index is 6.48. The smallest absolute Gasteiger partial charge is 0.150 e. The van der Waals surface area contributed by atoms with Gasteiger partial charge in [0.15, 0.2) is 5.17 Å². The molecule has 0 radical (unpaired) electrons. The van der Waals surface area contributed by atoms with E-state index in [0.29, 0.717) is 0 Å². The van der Waals surface area contributed by atoms with Gasteiger partial charge in [0.1, 0.15) is 0 Å². The summed E-state index contributed by atoms with van der Waals surface area (Å²) in [7, 11) is 0. The van der Waals surface area contributed by atoms with Gasteiger partial charge in [-0.3, -0.25) is 5.41 Å². The summed E-state index contributed by atoms with van der Waals surface area (Å²) in [4.78, 5) is 0. The molecule has 0 atom stereocenters. The number of fused-ring (bicyclic) bond motifs is 1. The Balaban J connectivity index is 0.000000195. The predicted molar refractivity (Wildman–Crippen MR) is 68.5 cm³/mol. The van der Waals surface area contributed by atoms with E-state index in [9.17, 15) is 0 Å². The highest BCUT2D eigenvalue weighted by atomic mass is 32.2. The largest absolute Gasteiger partial charge is 0.379 e. The topological polar surface area (TPSA) is 49.9 Å². The van der Waals surface area contributed by atoms with Gasteiger partial charge in [-0.25, -0.2) is 0 Å². The van der Waals surface area contributed by atoms with Gasteiger partial charge in [-0.2, -0.15) is 0 Å². The highest BCUT2D eigenvalue weighted by Gasteiger charge is 2.05. The lowest BCUT2D eigenvalue weighted by atomic mass is 9.92. The molecule has 1 aromatic rings. The Morgan fingerprint density at radius 1 is 1.20 bits per heavy atom. The molecule has 0 aliphatic heterocycles. The number of amidine groups is 1. The predicted octanol–water partition coefficient (Wildman–Crippen LogP) is 2.81. The van der Waals surface area contributed by atoms with Crippen LogP contribution in [0.1, 0.15) is 24.0 Å². The van der Waals surface area contributed by atoms with Crippen LogP contribution in [0.15, 0.2) is 24.3 Å². The second-order valence-electron chi connectivity index (χ2n) is 3.54. The standard InChI is InChI=1S/C10H12.C2H6N2S/c1-2-6-10-8-4-3-7-9(10)5-1;1-5-2(3)4/h1-2,5-6H,3-4,7-8H2;1H3,(H3,3,4). The van der Waals surface area contributed by atoms with E-state index in [1.54, 1.807) is 17.4 Å². The molecule has 0 aromatic heterocycles. The SMILES string of the molecule is CSC(=N)N.c1ccc2c(c1)CCCC2. The van der Waals surface area contributed by atoms with Crippen LogP contribution in [0, 0.1) is 5.41 Å². The Kier molecular flexibility index (Phi) is 5.26. The molecule has 3 N–H and O–H groups in total. The van der Waals surface area contributed by atoms with Gasteiger partial charge < -0.3 is 5.73 Å². The molecule has 1 aliphatic rings. The highest BCUT2D eigenvalue weighted by molar-refractivity contribution is 8.13. The van der Waals surface area contributed by atoms with E-state index in [0.717, 1.165) is 0 Å². The van der Waals surface area contributed by atoms with Crippen molar-refractivity contribution in [2.75, 3.05) is 6.26 Å². The van der Waals surface area contributed by atoms with Crippen molar-refractivity contribution in [2.45, 2.75) is 25.7 Å². The Bertz CT molecular complexity index is 298. The molecular weight excluding hydrogens is 204 g/mol. The first-order valence-electron chi connectivity index (χ1n) is 5.19. The minimum atomic E-state index is 0.171. The van der Waals surface area contributed by atoms with Crippen molar-refractivity contribution in [1.82, 2.24) is 0 Å². The normalized spacial score (nSPS) is 13.4. The second-order valence-corrected chi connectivity index (χ2v) is 4.39. The van der Waals surface area contributed by atoms with Crippen LogP contribution in [0.3, 0.4) is 0 Å². The zero-order valence-electron chi connectivity index (χ0n) is 9.12. The molecule has 1 aliphatic carbocycles. The molecule has 0 bridgehead atoms. The first-order valence-corrected chi connectivity index (χ1v) is 6.41. The maximum absolute atomic E-state index is 6.48. The van der Waals surface area contributed by atoms with Crippen molar-refractivity contribution in [3.8, 4) is 0 Å². The quantitative estimate of drug-likeness (QED) is 0.524. The Labute approximate surface area is 95.8 Å². The van der Waals surface area contributed by atoms with Gasteiger partial charge in [-0.05, 0) is 43.1 Å². The molecule has 0 fully saturated rings. The minimum Gasteiger partial charge on any atom is -0.379 e. The van der Waals surface area contributed by atoms with Crippen LogP contribution >= 0.6 is 11.8 Å². The van der Waals surface area contributed by atoms with Gasteiger partial charge in [0.05, 0.1) is 0 Å². The van der Waals surface area contributed by atoms with Gasteiger partial charge in [0.2, 0.25) is 0 Å². The average Bonchev–Trinajstić information content (AvgIpc) is 2.30. The van der Waals surface area contributed by atoms with E-state index in [1.807, 2.05) is 0 Å². The van der Waals surface area contributed by atoms with Crippen LogP contribution < -0.4 is 5.73 Å². The van der Waals surface area contributed by atoms with Gasteiger partial charge in [0.25, 0.3) is 0 Å². The molecule has 15 heavy (non-hydrogen) atoms. The van der Waals surface area contributed by atoms with Crippen LogP contribution in [-0.2, 0) is 12.8 Å². The summed E-state index contributed by atoms with van der Waals surface area (Å²) in [6.45, 7) is 0. The lowest BCUT2D eigenvalue weighted by molar-refractivity contribution is 0.685. The first kappa shape index (κ1) is 12.1. The van der Waals surface area contributed by atoms with E-state index in [1.165, 1.54) is 37.4 Å². The summed E-state index contributed by atoms with van der Waals surface area (Å²) in [5, 5.41) is 6.66. The van der Waals surface area contributed by atoms with Crippen molar-refractivity contribution in [3.63, 3.8) is 0 Å². The molecule has 0 saturated carbocycles. The number of thioether (sulfide) groups is 1. The molecule has 1 aromatic carbocycles. The zero-order valence-corrected chi connectivity index (χ0v) is 9.94. The Morgan fingerprint density at radius 2 is 1.60 bits per heavy atom. The van der Waals surface area contributed by atoms with Crippen molar-refractivity contribution in [3.05, 3.63) is 35.4 Å². The summed E-state index contributed by atoms with van der Waals surface area (Å²) in [5.41, 5.74) is 7.99. The van der Waals surface area contributed by atoms with E-state index in [-0.39, 0.29) is 5.17 Å². The lowest BCUT2D eigenvalue weighted by Gasteiger charge is -2.13. The summed E-state index contributed by atoms with van der Waals surface area (Å²) < 4.78 is 0. The highest BCUT2D eigenvalue weighted by Crippen LogP contribution is 2.19. The van der Waals surface area contributed by atoms with Crippen LogP contribution in [0.5, 0.6) is 0 Å². The molecule has 2 rings (SSSR count). The molecule has 82 valence electrons. The summed E-state index contributed by atoms with van der Waals surface area (Å²) in [6.07, 6.45) is 7.14. The fraction of sp³-hybridized carbons (Fsp3) is 0.417. The number of benzene rings is 1. The maximum Gasteiger partial charge on any atom is 0.150 e. The first-order chi connectivity index (χ1) is 7.24. The van der Waals surface area contributed by atoms with Gasteiger partial charge in [-0.1, -0.05) is 36.0 Å². The summed E-state index contributed by atoms with van der Waals surface area (Å²) >= 11 is 1.24. The van der Waals surface area contributed by atoms with E-state index in [4.69, 9.17) is 11.1 Å². The molecule has 0 spiro atoms. The van der Waals surface area contributed by atoms with E-state index < -0.39 is 0 Å². The molecular formula is C12H18N2S. The summed E-state index contributed by atoms with van der Waals surface area (Å²) in [6, 6.07) is 8.80. The number of hydrogen-bond donors (Lipinski definition) is 2. The molecule has 0 saturated heterocycles. The molecule has 0 heterocycles. The number of nitrogens with one attached hydrogen (secondary N) is 1. The molecule has 0 amide bonds. The number of nitrogens with two attached hydrogens (primary N) is 1. The minimum absolute atomic E-state index is 0.171. The van der Waals surface area contributed by atoms with Crippen molar-refractivity contribution < 1.29 is 0 Å². The Morgan fingerprint density at radius 3 is 1.93 bits per heavy atom. The molecule has 2 nitrogen and oxygen atoms in total. The van der Waals surface area contributed by atoms with Gasteiger partial charge in [-0.15, -0.1) is 0 Å².